The highest BCUT2D eigenvalue weighted by Gasteiger charge is 2.25. The predicted molar refractivity (Wildman–Crippen MR) is 576 cm³/mol. The first-order valence-electron chi connectivity index (χ1n) is 46.8. The molecule has 0 saturated carbocycles. The Kier molecular flexibility index (Phi) is 24.3. The highest BCUT2D eigenvalue weighted by Crippen LogP contribution is 2.43. The number of rotatable bonds is 20. The molecule has 26 rings (SSSR count). The molecule has 1 saturated heterocycles. The van der Waals surface area contributed by atoms with Crippen molar-refractivity contribution in [2.75, 3.05) is 37.8 Å². The predicted octanol–water partition coefficient (Wildman–Crippen LogP) is 25.1. The summed E-state index contributed by atoms with van der Waals surface area (Å²) in [7, 11) is 4.12. The number of carbonyl (C=O) groups is 1. The summed E-state index contributed by atoms with van der Waals surface area (Å²) in [4.78, 5) is 95.9. The molecule has 0 unspecified atom stereocenters. The first-order valence-corrected chi connectivity index (χ1v) is 50.1. The molecule has 5 aromatic carbocycles. The number of hydrogen-bond acceptors (Lipinski definition) is 24. The van der Waals surface area contributed by atoms with Gasteiger partial charge in [-0.15, -0.1) is 45.3 Å². The fourth-order valence-electron chi connectivity index (χ4n) is 18.2. The fraction of sp³-hybridized carbons (Fsp3) is 0.136. The topological polar surface area (TPSA) is 380 Å². The van der Waals surface area contributed by atoms with E-state index in [0.29, 0.717) is 28.9 Å². The van der Waals surface area contributed by atoms with Gasteiger partial charge in [-0.2, -0.15) is 20.4 Å². The Morgan fingerprint density at radius 2 is 0.678 bits per heavy atom. The highest BCUT2D eigenvalue weighted by atomic mass is 32.1. The van der Waals surface area contributed by atoms with Gasteiger partial charge in [-0.05, 0) is 248 Å². The van der Waals surface area contributed by atoms with Crippen molar-refractivity contribution < 1.29 is 4.79 Å². The molecule has 29 nitrogen and oxygen atoms in total. The lowest BCUT2D eigenvalue weighted by Gasteiger charge is -2.14. The van der Waals surface area contributed by atoms with E-state index in [1.54, 1.807) is 76.1 Å². The van der Waals surface area contributed by atoms with Crippen LogP contribution in [0.15, 0.2) is 275 Å². The van der Waals surface area contributed by atoms with Crippen LogP contribution in [0.4, 0.5) is 11.4 Å². The van der Waals surface area contributed by atoms with E-state index in [1.165, 1.54) is 61.4 Å². The summed E-state index contributed by atoms with van der Waals surface area (Å²) in [6, 6.07) is 59.9. The van der Waals surface area contributed by atoms with Crippen molar-refractivity contribution in [1.82, 2.24) is 130 Å². The third-order valence-electron chi connectivity index (χ3n) is 25.0. The number of imidazole rings is 4. The number of carbonyl (C=O) groups excluding carboxylic acids is 1. The Labute approximate surface area is 834 Å². The number of anilines is 2. The molecule has 0 aliphatic carbocycles. The second-order valence-corrected chi connectivity index (χ2v) is 41.2. The third-order valence-corrected chi connectivity index (χ3v) is 29.1. The van der Waals surface area contributed by atoms with E-state index < -0.39 is 0 Å². The summed E-state index contributed by atoms with van der Waals surface area (Å²) < 4.78 is 0. The summed E-state index contributed by atoms with van der Waals surface area (Å²) in [6.45, 7) is 16.8. The lowest BCUT2D eigenvalue weighted by molar-refractivity contribution is 0.102. The number of H-pyrrole nitrogens is 8. The largest absolute Gasteiger partial charge is 0.382 e. The van der Waals surface area contributed by atoms with Gasteiger partial charge >= 0.3 is 0 Å². The monoisotopic (exact) mass is 1950 g/mol. The molecule has 702 valence electrons. The van der Waals surface area contributed by atoms with Crippen molar-refractivity contribution in [2.24, 2.45) is 0 Å². The van der Waals surface area contributed by atoms with Crippen molar-refractivity contribution in [3.63, 3.8) is 0 Å². The number of amides is 1. The van der Waals surface area contributed by atoms with Gasteiger partial charge in [0.15, 0.2) is 23.3 Å². The van der Waals surface area contributed by atoms with Gasteiger partial charge in [0.1, 0.15) is 44.8 Å². The summed E-state index contributed by atoms with van der Waals surface area (Å²) in [5, 5.41) is 41.3. The van der Waals surface area contributed by atoms with Crippen molar-refractivity contribution in [2.45, 2.75) is 73.5 Å². The molecule has 20 aromatic heterocycles. The van der Waals surface area contributed by atoms with E-state index in [9.17, 15) is 4.79 Å². The Morgan fingerprint density at radius 3 is 1.03 bits per heavy atom. The molecular formula is C110H92N28OS4. The Hall–Kier alpha value is -17.0. The van der Waals surface area contributed by atoms with Crippen molar-refractivity contribution in [3.8, 4) is 132 Å². The summed E-state index contributed by atoms with van der Waals surface area (Å²) >= 11 is 6.96. The van der Waals surface area contributed by atoms with Gasteiger partial charge in [-0.3, -0.25) is 70.0 Å². The van der Waals surface area contributed by atoms with Gasteiger partial charge in [0.05, 0.1) is 86.5 Å². The number of likely N-dealkylation sites (tertiary alicyclic amines) is 1. The van der Waals surface area contributed by atoms with Crippen LogP contribution in [0, 0.1) is 27.7 Å². The van der Waals surface area contributed by atoms with Gasteiger partial charge in [-0.1, -0.05) is 42.5 Å². The minimum absolute atomic E-state index is 0.182. The molecule has 21 heterocycles. The van der Waals surface area contributed by atoms with Crippen LogP contribution in [0.5, 0.6) is 0 Å². The maximum Gasteiger partial charge on any atom is 0.255 e. The normalized spacial score (nSPS) is 12.3. The van der Waals surface area contributed by atoms with Crippen molar-refractivity contribution in [1.29, 1.82) is 0 Å². The highest BCUT2D eigenvalue weighted by molar-refractivity contribution is 7.16. The molecule has 0 bridgehead atoms. The third kappa shape index (κ3) is 18.7. The van der Waals surface area contributed by atoms with Crippen LogP contribution in [-0.4, -0.2) is 169 Å². The number of aryl methyl sites for hydroxylation is 4. The summed E-state index contributed by atoms with van der Waals surface area (Å²) in [6.07, 6.45) is 32.2. The van der Waals surface area contributed by atoms with E-state index in [4.69, 9.17) is 19.9 Å². The number of aromatic nitrogens is 24. The smallest absolute Gasteiger partial charge is 0.255 e. The van der Waals surface area contributed by atoms with Gasteiger partial charge in [0, 0.05) is 198 Å². The van der Waals surface area contributed by atoms with Crippen LogP contribution >= 0.6 is 45.3 Å². The van der Waals surface area contributed by atoms with Crippen LogP contribution in [-0.2, 0) is 13.1 Å². The zero-order chi connectivity index (χ0) is 96.9. The second kappa shape index (κ2) is 38.7. The molecule has 10 N–H and O–H groups in total. The van der Waals surface area contributed by atoms with Crippen LogP contribution < -0.4 is 10.6 Å². The average Bonchev–Trinajstić information content (AvgIpc) is 1.62. The molecule has 1 fully saturated rings. The fourth-order valence-corrected chi connectivity index (χ4v) is 21.7. The first kappa shape index (κ1) is 89.9. The minimum atomic E-state index is -0.182. The van der Waals surface area contributed by atoms with Gasteiger partial charge in [0.25, 0.3) is 5.91 Å². The van der Waals surface area contributed by atoms with Gasteiger partial charge in [-0.25, -0.2) is 19.9 Å². The van der Waals surface area contributed by atoms with Crippen LogP contribution in [0.3, 0.4) is 0 Å². The van der Waals surface area contributed by atoms with Crippen LogP contribution in [0.1, 0.15) is 67.7 Å². The molecule has 1 aliphatic heterocycles. The molecule has 0 spiro atoms. The number of benzene rings is 5. The maximum absolute atomic E-state index is 12.6. The minimum Gasteiger partial charge on any atom is -0.382 e. The van der Waals surface area contributed by atoms with E-state index in [-0.39, 0.29) is 5.91 Å². The van der Waals surface area contributed by atoms with E-state index >= 15 is 0 Å². The maximum atomic E-state index is 12.6. The average molecular weight is 1950 g/mol. The molecule has 33 heteroatoms. The molecule has 143 heavy (non-hydrogen) atoms. The molecule has 1 amide bonds. The van der Waals surface area contributed by atoms with E-state index in [2.05, 4.69) is 298 Å². The standard InChI is InChI=1S/C30H21N7OS.C28H25N7S.2C26H23N7S/c1-17-7-10-26(39-17)23-15-32-16-25-27(23)35-29(34-25)28-22-12-19(8-9-24(22)36-37-28)20-11-21(14-31-13-20)33-30(38)18-5-3-2-4-6-18;1-17-4-7-25(36-17)22-14-30-15-24-26(22)32-28(31-24)27-21-11-19(5-6-23(21)33-34-27)20-10-18(12-29-13-20)16-35-8-2-3-9-35;1-15-4-7-23(34-15)20-12-28-13-22-24(20)30-26(29-22)25-19-9-17(5-6-21(19)31-32-25)18-8-16(10-27-11-18)14-33(2)3;1-14(2)29-18-8-17(10-27-11-18)16-5-6-21-19(9-16)25(33-32-21)26-30-22-13-28-12-20(24(22)31-26)23-7-4-15(3)34-23/h2-16H,1H3,(H,33,38)(H,34,35)(H,36,37);4-7,10-15H,2-3,8-9,16H2,1H3,(H,31,32)(H,33,34);4-13H,14H2,1-3H3,(H,29,30)(H,31,32);4-14,29H,1-3H3,(H,30,31)(H,32,33). The first-order chi connectivity index (χ1) is 69.9. The lowest BCUT2D eigenvalue weighted by Crippen LogP contribution is -2.18. The molecule has 0 radical (unpaired) electrons. The lowest BCUT2D eigenvalue weighted by atomic mass is 10.0. The summed E-state index contributed by atoms with van der Waals surface area (Å²) in [5.41, 5.74) is 31.1. The number of thiophene rings is 4. The second-order valence-electron chi connectivity index (χ2n) is 36.1. The molecular weight excluding hydrogens is 1860 g/mol. The molecule has 25 aromatic rings. The Balaban J connectivity index is 0.000000106. The Morgan fingerprint density at radius 1 is 0.350 bits per heavy atom. The van der Waals surface area contributed by atoms with Gasteiger partial charge < -0.3 is 35.5 Å². The number of pyridine rings is 8. The SMILES string of the molecule is Cc1ccc(-c2cncc3[nH]c(-c4n[nH]c5ccc(-c6cncc(CN(C)C)c6)cc45)nc23)s1.Cc1ccc(-c2cncc3[nH]c(-c4n[nH]c5ccc(-c6cncc(CN7CCCC7)c6)cc45)nc23)s1.Cc1ccc(-c2cncc3[nH]c(-c4n[nH]c5ccc(-c6cncc(NC(=O)c7ccccc7)c6)cc45)nc23)s1.Cc1ccc(-c2cncc3[nH]c(-c4n[nH]c5ccc(-c6cncc(NC(C)C)c6)cc45)nc23)s1. The van der Waals surface area contributed by atoms with Crippen LogP contribution in [0.2, 0.25) is 0 Å². The zero-order valence-corrected chi connectivity index (χ0v) is 82.2. The number of hydrogen-bond donors (Lipinski definition) is 10. The van der Waals surface area contributed by atoms with Crippen LogP contribution in [0.25, 0.3) is 220 Å². The molecule has 1 aliphatic rings. The summed E-state index contributed by atoms with van der Waals surface area (Å²) in [5.74, 6) is 2.66. The van der Waals surface area contributed by atoms with Gasteiger partial charge in [0.2, 0.25) is 0 Å². The number of nitrogens with one attached hydrogen (secondary N) is 10. The number of fused-ring (bicyclic) bond motifs is 8. The van der Waals surface area contributed by atoms with Crippen molar-refractivity contribution >= 4 is 150 Å². The van der Waals surface area contributed by atoms with E-state index in [1.807, 2.05) is 123 Å². The number of aromatic amines is 8. The van der Waals surface area contributed by atoms with E-state index in [0.717, 1.165) is 222 Å². The van der Waals surface area contributed by atoms with Crippen molar-refractivity contribution in [3.05, 3.63) is 311 Å². The Bertz CT molecular complexity index is 8790. The quantitative estimate of drug-likeness (QED) is 0.0339. The molecule has 0 atom stereocenters. The zero-order valence-electron chi connectivity index (χ0n) is 78.9. The number of nitrogens with zero attached hydrogens (tertiary/aromatic N) is 18.